The zero-order valence-corrected chi connectivity index (χ0v) is 18.2. The van der Waals surface area contributed by atoms with Crippen LogP contribution in [0.2, 0.25) is 45.3 Å². The lowest BCUT2D eigenvalue weighted by atomic mass is 10.5. The molecule has 0 aliphatic heterocycles. The second-order valence-corrected chi connectivity index (χ2v) is 19.3. The molecule has 0 bridgehead atoms. The number of hydrogen-bond donors (Lipinski definition) is 0. The van der Waals surface area contributed by atoms with E-state index < -0.39 is 31.4 Å². The Morgan fingerprint density at radius 3 is 1.91 bits per heavy atom. The van der Waals surface area contributed by atoms with E-state index in [9.17, 15) is 4.79 Å². The summed E-state index contributed by atoms with van der Waals surface area (Å²) in [7, 11) is -6.36. The molecule has 0 aromatic carbocycles. The molecule has 0 radical (unpaired) electrons. The van der Waals surface area contributed by atoms with Crippen molar-refractivity contribution in [2.45, 2.75) is 58.7 Å². The summed E-state index contributed by atoms with van der Waals surface area (Å²) in [5, 5.41) is 0. The van der Waals surface area contributed by atoms with Gasteiger partial charge in [-0.05, 0) is 52.6 Å². The first-order chi connectivity index (χ1) is 9.93. The molecular formula is C14H32O5Si3. The maximum Gasteiger partial charge on any atom is 0.480 e. The molecule has 0 aliphatic rings. The average molecular weight is 365 g/mol. The molecule has 0 saturated carbocycles. The van der Waals surface area contributed by atoms with Crippen LogP contribution in [0.25, 0.3) is 0 Å². The smallest absolute Gasteiger partial charge is 0.463 e. The Morgan fingerprint density at radius 1 is 1.05 bits per heavy atom. The van der Waals surface area contributed by atoms with Crippen LogP contribution in [-0.4, -0.2) is 44.6 Å². The molecule has 0 spiro atoms. The van der Waals surface area contributed by atoms with Crippen LogP contribution in [-0.2, 0) is 22.2 Å². The first-order valence-corrected chi connectivity index (χ1v) is 16.5. The molecular weight excluding hydrogens is 332 g/mol. The van der Waals surface area contributed by atoms with Crippen molar-refractivity contribution in [3.05, 3.63) is 12.7 Å². The molecule has 130 valence electrons. The van der Waals surface area contributed by atoms with Gasteiger partial charge in [0.15, 0.2) is 16.6 Å². The van der Waals surface area contributed by atoms with Gasteiger partial charge < -0.3 is 17.4 Å². The normalized spacial score (nSPS) is 13.0. The summed E-state index contributed by atoms with van der Waals surface area (Å²) in [6.07, 6.45) is 1.84. The summed E-state index contributed by atoms with van der Waals surface area (Å²) in [5.41, 5.74) is 0. The predicted molar refractivity (Wildman–Crippen MR) is 96.8 cm³/mol. The third kappa shape index (κ3) is 10.5. The molecule has 0 aromatic heterocycles. The number of rotatable bonds is 11. The van der Waals surface area contributed by atoms with Gasteiger partial charge in [-0.25, -0.2) is 4.79 Å². The predicted octanol–water partition coefficient (Wildman–Crippen LogP) is 3.78. The van der Waals surface area contributed by atoms with Crippen LogP contribution in [0.1, 0.15) is 13.3 Å². The minimum absolute atomic E-state index is 0.330. The van der Waals surface area contributed by atoms with E-state index in [-0.39, 0.29) is 0 Å². The molecule has 5 nitrogen and oxygen atoms in total. The van der Waals surface area contributed by atoms with E-state index in [1.807, 2.05) is 6.92 Å². The summed E-state index contributed by atoms with van der Waals surface area (Å²) < 4.78 is 23.8. The van der Waals surface area contributed by atoms with Crippen LogP contribution in [0.15, 0.2) is 12.7 Å². The SMILES string of the molecule is C=CC(=O)OCCC[Si](OCC)(O[Si](C)(C)C)O[Si](C)(C)C. The molecule has 0 fully saturated rings. The minimum Gasteiger partial charge on any atom is -0.463 e. The fourth-order valence-corrected chi connectivity index (χ4v) is 12.4. The quantitative estimate of drug-likeness (QED) is 0.242. The van der Waals surface area contributed by atoms with Crippen LogP contribution >= 0.6 is 0 Å². The molecule has 0 saturated heterocycles. The molecule has 0 atom stereocenters. The Kier molecular flexibility index (Phi) is 9.03. The molecule has 0 unspecified atom stereocenters. The summed E-state index contributed by atoms with van der Waals surface area (Å²) in [6.45, 7) is 19.1. The molecule has 8 heteroatoms. The highest BCUT2D eigenvalue weighted by atomic mass is 28.5. The van der Waals surface area contributed by atoms with Crippen molar-refractivity contribution in [2.75, 3.05) is 13.2 Å². The van der Waals surface area contributed by atoms with E-state index in [0.717, 1.165) is 0 Å². The number of carbonyl (C=O) groups is 1. The zero-order chi connectivity index (χ0) is 17.4. The fourth-order valence-electron chi connectivity index (χ4n) is 1.93. The lowest BCUT2D eigenvalue weighted by Gasteiger charge is -2.39. The van der Waals surface area contributed by atoms with Gasteiger partial charge in [-0.2, -0.15) is 0 Å². The van der Waals surface area contributed by atoms with E-state index >= 15 is 0 Å². The topological polar surface area (TPSA) is 54.0 Å². The third-order valence-corrected chi connectivity index (χ3v) is 11.4. The highest BCUT2D eigenvalue weighted by Gasteiger charge is 2.46. The second-order valence-electron chi connectivity index (χ2n) is 7.02. The van der Waals surface area contributed by atoms with Crippen molar-refractivity contribution in [3.63, 3.8) is 0 Å². The van der Waals surface area contributed by atoms with E-state index in [2.05, 4.69) is 45.9 Å². The van der Waals surface area contributed by atoms with E-state index in [1.54, 1.807) is 0 Å². The van der Waals surface area contributed by atoms with Gasteiger partial charge >= 0.3 is 14.8 Å². The van der Waals surface area contributed by atoms with Crippen molar-refractivity contribution in [3.8, 4) is 0 Å². The first-order valence-electron chi connectivity index (χ1n) is 7.76. The number of hydrogen-bond acceptors (Lipinski definition) is 5. The van der Waals surface area contributed by atoms with Crippen molar-refractivity contribution < 1.29 is 22.2 Å². The summed E-state index contributed by atoms with van der Waals surface area (Å²) >= 11 is 0. The molecule has 0 heterocycles. The Morgan fingerprint density at radius 2 is 1.55 bits per heavy atom. The lowest BCUT2D eigenvalue weighted by Crippen LogP contribution is -2.56. The molecule has 0 amide bonds. The Bertz CT molecular complexity index is 344. The standard InChI is InChI=1S/C14H32O5Si3/c1-9-14(15)16-12-11-13-22(17-10-2,18-20(3,4)5)19-21(6,7)8/h9H,1,10-13H2,2-8H3. The fraction of sp³-hybridized carbons (Fsp3) is 0.786. The van der Waals surface area contributed by atoms with Crippen LogP contribution in [0.5, 0.6) is 0 Å². The first kappa shape index (κ1) is 21.7. The zero-order valence-electron chi connectivity index (χ0n) is 15.2. The summed E-state index contributed by atoms with van der Waals surface area (Å²) in [5.74, 6) is -0.402. The summed E-state index contributed by atoms with van der Waals surface area (Å²) in [6, 6.07) is 0.666. The Labute approximate surface area is 138 Å². The van der Waals surface area contributed by atoms with Crippen molar-refractivity contribution in [2.24, 2.45) is 0 Å². The number of ether oxygens (including phenoxy) is 1. The summed E-state index contributed by atoms with van der Waals surface area (Å²) in [4.78, 5) is 11.1. The number of carbonyl (C=O) groups excluding carboxylic acids is 1. The third-order valence-electron chi connectivity index (χ3n) is 2.33. The van der Waals surface area contributed by atoms with Gasteiger partial charge in [0.25, 0.3) is 0 Å². The van der Waals surface area contributed by atoms with Crippen molar-refractivity contribution in [1.29, 1.82) is 0 Å². The van der Waals surface area contributed by atoms with Crippen LogP contribution in [0, 0.1) is 0 Å². The van der Waals surface area contributed by atoms with Crippen LogP contribution < -0.4 is 0 Å². The van der Waals surface area contributed by atoms with Gasteiger partial charge in [0.05, 0.1) is 6.61 Å². The van der Waals surface area contributed by atoms with Crippen molar-refractivity contribution in [1.82, 2.24) is 0 Å². The Balaban J connectivity index is 4.93. The second kappa shape index (κ2) is 9.14. The number of esters is 1. The van der Waals surface area contributed by atoms with Gasteiger partial charge in [0.1, 0.15) is 0 Å². The highest BCUT2D eigenvalue weighted by molar-refractivity contribution is 6.85. The largest absolute Gasteiger partial charge is 0.480 e. The molecule has 0 rings (SSSR count). The van der Waals surface area contributed by atoms with Gasteiger partial charge in [-0.3, -0.25) is 0 Å². The minimum atomic E-state index is -2.74. The Hall–Kier alpha value is -0.259. The van der Waals surface area contributed by atoms with Gasteiger partial charge in [0, 0.05) is 18.7 Å². The molecule has 22 heavy (non-hydrogen) atoms. The van der Waals surface area contributed by atoms with Crippen LogP contribution in [0.3, 0.4) is 0 Å². The van der Waals surface area contributed by atoms with Gasteiger partial charge in [-0.15, -0.1) is 0 Å². The lowest BCUT2D eigenvalue weighted by molar-refractivity contribution is -0.137. The van der Waals surface area contributed by atoms with Crippen molar-refractivity contribution >= 4 is 31.4 Å². The maximum absolute atomic E-state index is 11.1. The van der Waals surface area contributed by atoms with E-state index in [1.165, 1.54) is 6.08 Å². The van der Waals surface area contributed by atoms with Gasteiger partial charge in [0.2, 0.25) is 0 Å². The van der Waals surface area contributed by atoms with Gasteiger partial charge in [-0.1, -0.05) is 6.58 Å². The molecule has 0 N–H and O–H groups in total. The van der Waals surface area contributed by atoms with E-state index in [4.69, 9.17) is 17.4 Å². The maximum atomic E-state index is 11.1. The monoisotopic (exact) mass is 364 g/mol. The molecule has 0 aliphatic carbocycles. The van der Waals surface area contributed by atoms with Crippen LogP contribution in [0.4, 0.5) is 0 Å². The van der Waals surface area contributed by atoms with E-state index in [0.29, 0.717) is 25.7 Å². The molecule has 0 aromatic rings. The highest BCUT2D eigenvalue weighted by Crippen LogP contribution is 2.26. The average Bonchev–Trinajstić information content (AvgIpc) is 2.30.